The van der Waals surface area contributed by atoms with Gasteiger partial charge in [-0.05, 0) is 37.8 Å². The van der Waals surface area contributed by atoms with Gasteiger partial charge in [0, 0.05) is 37.4 Å². The quantitative estimate of drug-likeness (QED) is 0.925. The molecule has 0 unspecified atom stereocenters. The van der Waals surface area contributed by atoms with Crippen molar-refractivity contribution in [2.45, 2.75) is 44.6 Å². The van der Waals surface area contributed by atoms with E-state index in [1.165, 1.54) is 12.8 Å². The number of aromatic nitrogens is 3. The predicted octanol–water partition coefficient (Wildman–Crippen LogP) is 2.60. The number of piperidine rings is 1. The van der Waals surface area contributed by atoms with E-state index in [9.17, 15) is 4.79 Å². The lowest BCUT2D eigenvalue weighted by Crippen LogP contribution is -2.43. The van der Waals surface area contributed by atoms with Crippen molar-refractivity contribution >= 4 is 22.4 Å². The Morgan fingerprint density at radius 2 is 1.71 bits per heavy atom. The highest BCUT2D eigenvalue weighted by Crippen LogP contribution is 2.28. The molecule has 7 heteroatoms. The molecule has 0 aromatic carbocycles. The number of carbonyl (C=O) groups excluding carboxylic acids is 1. The molecule has 2 aromatic rings. The summed E-state index contributed by atoms with van der Waals surface area (Å²) in [4.78, 5) is 14.7. The zero-order valence-corrected chi connectivity index (χ0v) is 14.5. The van der Waals surface area contributed by atoms with Crippen LogP contribution in [0.4, 0.5) is 5.13 Å². The lowest BCUT2D eigenvalue weighted by Gasteiger charge is -2.31. The molecule has 0 radical (unpaired) electrons. The first kappa shape index (κ1) is 15.6. The van der Waals surface area contributed by atoms with Crippen LogP contribution in [-0.2, 0) is 4.79 Å². The molecule has 2 aromatic heterocycles. The van der Waals surface area contributed by atoms with Crippen molar-refractivity contribution < 1.29 is 4.79 Å². The van der Waals surface area contributed by atoms with Gasteiger partial charge in [-0.1, -0.05) is 24.2 Å². The number of amides is 1. The van der Waals surface area contributed by atoms with Gasteiger partial charge in [-0.2, -0.15) is 0 Å². The molecule has 1 N–H and O–H groups in total. The number of carbonyl (C=O) groups is 1. The lowest BCUT2D eigenvalue weighted by atomic mass is 9.96. The Morgan fingerprint density at radius 3 is 2.42 bits per heavy atom. The first-order valence-corrected chi connectivity index (χ1v) is 9.63. The Morgan fingerprint density at radius 1 is 1.04 bits per heavy atom. The molecule has 3 heterocycles. The third-order valence-electron chi connectivity index (χ3n) is 5.07. The van der Waals surface area contributed by atoms with Gasteiger partial charge in [0.1, 0.15) is 0 Å². The number of anilines is 1. The van der Waals surface area contributed by atoms with Crippen molar-refractivity contribution in [2.24, 2.45) is 5.92 Å². The summed E-state index contributed by atoms with van der Waals surface area (Å²) in [5.41, 5.74) is 0. The summed E-state index contributed by atoms with van der Waals surface area (Å²) in [6, 6.07) is 4.38. The van der Waals surface area contributed by atoms with Crippen molar-refractivity contribution in [3.05, 3.63) is 24.5 Å². The van der Waals surface area contributed by atoms with Gasteiger partial charge in [0.05, 0.1) is 0 Å². The fourth-order valence-electron chi connectivity index (χ4n) is 3.62. The van der Waals surface area contributed by atoms with E-state index in [0.29, 0.717) is 6.04 Å². The average molecular weight is 345 g/mol. The molecule has 0 spiro atoms. The smallest absolute Gasteiger partial charge is 0.223 e. The first-order valence-electron chi connectivity index (χ1n) is 8.82. The van der Waals surface area contributed by atoms with Crippen LogP contribution in [0.3, 0.4) is 0 Å². The summed E-state index contributed by atoms with van der Waals surface area (Å²) in [5, 5.41) is 13.7. The van der Waals surface area contributed by atoms with Crippen LogP contribution in [-0.4, -0.2) is 39.8 Å². The largest absolute Gasteiger partial charge is 0.353 e. The molecule has 1 amide bonds. The van der Waals surface area contributed by atoms with Gasteiger partial charge < -0.3 is 10.2 Å². The van der Waals surface area contributed by atoms with Crippen molar-refractivity contribution in [3.8, 4) is 5.13 Å². The molecule has 1 aliphatic carbocycles. The van der Waals surface area contributed by atoms with Crippen molar-refractivity contribution in [1.29, 1.82) is 0 Å². The molecular formula is C17H23N5OS. The Hall–Kier alpha value is -1.89. The van der Waals surface area contributed by atoms with Crippen LogP contribution < -0.4 is 10.2 Å². The minimum absolute atomic E-state index is 0.152. The molecule has 2 fully saturated rings. The van der Waals surface area contributed by atoms with Crippen LogP contribution in [0, 0.1) is 5.92 Å². The van der Waals surface area contributed by atoms with Crippen LogP contribution in [0.15, 0.2) is 24.5 Å². The maximum Gasteiger partial charge on any atom is 0.223 e. The van der Waals surface area contributed by atoms with Crippen molar-refractivity contribution in [1.82, 2.24) is 20.1 Å². The highest BCUT2D eigenvalue weighted by atomic mass is 32.1. The second-order valence-corrected chi connectivity index (χ2v) is 7.64. The molecule has 0 atom stereocenters. The van der Waals surface area contributed by atoms with E-state index in [1.54, 1.807) is 11.3 Å². The summed E-state index contributed by atoms with van der Waals surface area (Å²) in [6.45, 7) is 1.76. The van der Waals surface area contributed by atoms with E-state index < -0.39 is 0 Å². The number of rotatable bonds is 4. The fourth-order valence-corrected chi connectivity index (χ4v) is 4.49. The Balaban J connectivity index is 1.32. The van der Waals surface area contributed by atoms with Crippen LogP contribution in [0.2, 0.25) is 0 Å². The molecule has 128 valence electrons. The van der Waals surface area contributed by atoms with Gasteiger partial charge in [0.2, 0.25) is 16.2 Å². The minimum atomic E-state index is 0.152. The third-order valence-corrected chi connectivity index (χ3v) is 6.06. The van der Waals surface area contributed by atoms with Gasteiger partial charge in [0.25, 0.3) is 0 Å². The number of nitrogens with one attached hydrogen (secondary N) is 1. The molecule has 0 bridgehead atoms. The van der Waals surface area contributed by atoms with E-state index in [4.69, 9.17) is 0 Å². The second kappa shape index (κ2) is 6.93. The lowest BCUT2D eigenvalue weighted by molar-refractivity contribution is -0.126. The zero-order chi connectivity index (χ0) is 16.4. The number of hydrogen-bond acceptors (Lipinski definition) is 5. The summed E-state index contributed by atoms with van der Waals surface area (Å²) in [5.74, 6) is 0.408. The van der Waals surface area contributed by atoms with E-state index in [-0.39, 0.29) is 11.8 Å². The molecular weight excluding hydrogens is 322 g/mol. The summed E-state index contributed by atoms with van der Waals surface area (Å²) in [7, 11) is 0. The van der Waals surface area contributed by atoms with Gasteiger partial charge in [-0.15, -0.1) is 10.2 Å². The monoisotopic (exact) mass is 345 g/mol. The predicted molar refractivity (Wildman–Crippen MR) is 94.6 cm³/mol. The van der Waals surface area contributed by atoms with Crippen molar-refractivity contribution in [3.63, 3.8) is 0 Å². The van der Waals surface area contributed by atoms with Crippen molar-refractivity contribution in [2.75, 3.05) is 18.0 Å². The van der Waals surface area contributed by atoms with Gasteiger partial charge in [-0.3, -0.25) is 9.36 Å². The molecule has 1 saturated heterocycles. The maximum absolute atomic E-state index is 12.4. The number of nitrogens with zero attached hydrogens (tertiary/aromatic N) is 4. The molecule has 1 saturated carbocycles. The highest BCUT2D eigenvalue weighted by Gasteiger charge is 2.28. The summed E-state index contributed by atoms with van der Waals surface area (Å²) < 4.78 is 1.98. The van der Waals surface area contributed by atoms with E-state index >= 15 is 0 Å². The SMILES string of the molecule is O=C(NC1CCCC1)C1CCN(c2nnc(-n3cccc3)s2)CC1. The molecule has 6 nitrogen and oxygen atoms in total. The van der Waals surface area contributed by atoms with E-state index in [1.807, 2.05) is 29.1 Å². The summed E-state index contributed by atoms with van der Waals surface area (Å²) >= 11 is 1.60. The topological polar surface area (TPSA) is 63.1 Å². The van der Waals surface area contributed by atoms with Crippen LogP contribution in [0.1, 0.15) is 38.5 Å². The van der Waals surface area contributed by atoms with Crippen LogP contribution in [0.25, 0.3) is 5.13 Å². The van der Waals surface area contributed by atoms with Gasteiger partial charge >= 0.3 is 0 Å². The standard InChI is InChI=1S/C17H23N5OS/c23-15(18-14-5-1-2-6-14)13-7-11-22(12-8-13)17-20-19-16(24-17)21-9-3-4-10-21/h3-4,9-10,13-14H,1-2,5-8,11-12H2,(H,18,23). The van der Waals surface area contributed by atoms with Gasteiger partial charge in [0.15, 0.2) is 0 Å². The Kier molecular flexibility index (Phi) is 4.51. The molecule has 2 aliphatic rings. The zero-order valence-electron chi connectivity index (χ0n) is 13.7. The Labute approximate surface area is 145 Å². The summed E-state index contributed by atoms with van der Waals surface area (Å²) in [6.07, 6.45) is 10.6. The fraction of sp³-hybridized carbons (Fsp3) is 0.588. The molecule has 4 rings (SSSR count). The van der Waals surface area contributed by atoms with Crippen LogP contribution >= 0.6 is 11.3 Å². The van der Waals surface area contributed by atoms with Gasteiger partial charge in [-0.25, -0.2) is 0 Å². The van der Waals surface area contributed by atoms with E-state index in [2.05, 4.69) is 20.4 Å². The first-order chi connectivity index (χ1) is 11.8. The second-order valence-electron chi connectivity index (χ2n) is 6.71. The molecule has 24 heavy (non-hydrogen) atoms. The molecule has 1 aliphatic heterocycles. The Bertz CT molecular complexity index is 669. The average Bonchev–Trinajstić information content (AvgIpc) is 3.36. The normalized spacial score (nSPS) is 19.8. The van der Waals surface area contributed by atoms with E-state index in [0.717, 1.165) is 49.0 Å². The highest BCUT2D eigenvalue weighted by molar-refractivity contribution is 7.17. The van der Waals surface area contributed by atoms with Crippen LogP contribution in [0.5, 0.6) is 0 Å². The number of hydrogen-bond donors (Lipinski definition) is 1. The minimum Gasteiger partial charge on any atom is -0.353 e. The third kappa shape index (κ3) is 3.31. The maximum atomic E-state index is 12.4.